The van der Waals surface area contributed by atoms with Crippen molar-refractivity contribution in [3.8, 4) is 0 Å². The van der Waals surface area contributed by atoms with E-state index in [-0.39, 0.29) is 17.0 Å². The first-order chi connectivity index (χ1) is 13.4. The maximum Gasteiger partial charge on any atom is 0.264 e. The van der Waals surface area contributed by atoms with Crippen molar-refractivity contribution in [2.24, 2.45) is 0 Å². The second-order valence-corrected chi connectivity index (χ2v) is 7.99. The fraction of sp³-hybridized carbons (Fsp3) is 0.100. The molecule has 0 bridgehead atoms. The minimum Gasteiger partial charge on any atom is -0.348 e. The molecule has 0 saturated heterocycles. The number of hydrogen-bond acceptors (Lipinski definition) is 4. The fourth-order valence-electron chi connectivity index (χ4n) is 2.53. The summed E-state index contributed by atoms with van der Waals surface area (Å²) in [6.07, 6.45) is 3.27. The summed E-state index contributed by atoms with van der Waals surface area (Å²) in [5, 5.41) is 2.73. The molecule has 0 saturated carbocycles. The lowest BCUT2D eigenvalue weighted by Gasteiger charge is -2.19. The van der Waals surface area contributed by atoms with E-state index in [1.165, 1.54) is 55.6 Å². The first-order valence-corrected chi connectivity index (χ1v) is 9.83. The lowest BCUT2D eigenvalue weighted by atomic mass is 10.2. The van der Waals surface area contributed by atoms with Gasteiger partial charge in [-0.2, -0.15) is 0 Å². The summed E-state index contributed by atoms with van der Waals surface area (Å²) in [5.41, 5.74) is 1.36. The zero-order chi connectivity index (χ0) is 20.1. The number of carbonyl (C=O) groups is 1. The summed E-state index contributed by atoms with van der Waals surface area (Å²) >= 11 is 0. The van der Waals surface area contributed by atoms with E-state index in [0.29, 0.717) is 5.69 Å². The quantitative estimate of drug-likeness (QED) is 0.691. The normalized spacial score (nSPS) is 11.1. The third-order valence-corrected chi connectivity index (χ3v) is 5.90. The van der Waals surface area contributed by atoms with E-state index < -0.39 is 21.7 Å². The van der Waals surface area contributed by atoms with Crippen LogP contribution in [0.15, 0.2) is 78.0 Å². The van der Waals surface area contributed by atoms with Crippen LogP contribution in [0.25, 0.3) is 0 Å². The lowest BCUT2D eigenvalue weighted by molar-refractivity contribution is 0.0950. The average molecular weight is 399 g/mol. The number of sulfonamides is 1. The van der Waals surface area contributed by atoms with Crippen molar-refractivity contribution in [3.63, 3.8) is 0 Å². The van der Waals surface area contributed by atoms with Crippen molar-refractivity contribution < 1.29 is 17.6 Å². The number of anilines is 1. The summed E-state index contributed by atoms with van der Waals surface area (Å²) in [5.74, 6) is -0.854. The molecule has 2 aromatic carbocycles. The molecular formula is C20H18FN3O3S. The maximum atomic E-state index is 13.1. The highest BCUT2D eigenvalue weighted by Gasteiger charge is 2.22. The van der Waals surface area contributed by atoms with E-state index in [2.05, 4.69) is 10.3 Å². The van der Waals surface area contributed by atoms with E-state index >= 15 is 0 Å². The van der Waals surface area contributed by atoms with Gasteiger partial charge in [0.25, 0.3) is 15.9 Å². The molecule has 28 heavy (non-hydrogen) atoms. The molecule has 0 radical (unpaired) electrons. The lowest BCUT2D eigenvalue weighted by Crippen LogP contribution is -2.27. The van der Waals surface area contributed by atoms with Crippen LogP contribution in [0.3, 0.4) is 0 Å². The monoisotopic (exact) mass is 399 g/mol. The van der Waals surface area contributed by atoms with Crippen LogP contribution in [0.4, 0.5) is 10.1 Å². The molecule has 6 nitrogen and oxygen atoms in total. The Morgan fingerprint density at radius 1 is 1.11 bits per heavy atom. The molecule has 1 N–H and O–H groups in total. The van der Waals surface area contributed by atoms with Crippen molar-refractivity contribution >= 4 is 21.6 Å². The number of halogens is 1. The smallest absolute Gasteiger partial charge is 0.264 e. The maximum absolute atomic E-state index is 13.1. The predicted molar refractivity (Wildman–Crippen MR) is 104 cm³/mol. The van der Waals surface area contributed by atoms with E-state index in [4.69, 9.17) is 0 Å². The number of nitrogens with zero attached hydrogens (tertiary/aromatic N) is 2. The van der Waals surface area contributed by atoms with Gasteiger partial charge in [-0.15, -0.1) is 0 Å². The molecule has 0 fully saturated rings. The molecule has 0 unspecified atom stereocenters. The van der Waals surface area contributed by atoms with Gasteiger partial charge in [0.05, 0.1) is 10.6 Å². The number of hydrogen-bond donors (Lipinski definition) is 1. The van der Waals surface area contributed by atoms with Gasteiger partial charge < -0.3 is 5.32 Å². The standard InChI is InChI=1S/C20H18FN3O3S/c1-24(18-9-7-17(21)8-10-18)28(26,27)19-6-2-5-16(12-19)20(25)23-14-15-4-3-11-22-13-15/h2-13H,14H2,1H3,(H,23,25). The minimum atomic E-state index is -3.91. The van der Waals surface area contributed by atoms with Crippen molar-refractivity contribution in [1.82, 2.24) is 10.3 Å². The van der Waals surface area contributed by atoms with Crippen molar-refractivity contribution in [3.05, 3.63) is 90.0 Å². The summed E-state index contributed by atoms with van der Waals surface area (Å²) in [6, 6.07) is 14.5. The summed E-state index contributed by atoms with van der Waals surface area (Å²) < 4.78 is 39.9. The third-order valence-electron chi connectivity index (χ3n) is 4.12. The highest BCUT2D eigenvalue weighted by Crippen LogP contribution is 2.23. The first-order valence-electron chi connectivity index (χ1n) is 8.39. The Bertz CT molecular complexity index is 1070. The van der Waals surface area contributed by atoms with Gasteiger partial charge in [-0.25, -0.2) is 12.8 Å². The van der Waals surface area contributed by atoms with Gasteiger partial charge in [-0.05, 0) is 54.1 Å². The largest absolute Gasteiger partial charge is 0.348 e. The summed E-state index contributed by atoms with van der Waals surface area (Å²) in [7, 11) is -2.53. The Labute approximate surface area is 162 Å². The summed E-state index contributed by atoms with van der Waals surface area (Å²) in [6.45, 7) is 0.277. The minimum absolute atomic E-state index is 0.0339. The van der Waals surface area contributed by atoms with Crippen molar-refractivity contribution in [2.75, 3.05) is 11.4 Å². The van der Waals surface area contributed by atoms with Gasteiger partial charge in [0.15, 0.2) is 0 Å². The molecule has 0 spiro atoms. The first kappa shape index (κ1) is 19.5. The molecule has 8 heteroatoms. The molecule has 0 aliphatic carbocycles. The van der Waals surface area contributed by atoms with E-state index in [0.717, 1.165) is 9.87 Å². The third kappa shape index (κ3) is 4.34. The highest BCUT2D eigenvalue weighted by molar-refractivity contribution is 7.92. The predicted octanol–water partition coefficient (Wildman–Crippen LogP) is 2.98. The van der Waals surface area contributed by atoms with Crippen molar-refractivity contribution in [2.45, 2.75) is 11.4 Å². The van der Waals surface area contributed by atoms with Crippen LogP contribution >= 0.6 is 0 Å². The number of carbonyl (C=O) groups excluding carboxylic acids is 1. The molecule has 1 amide bonds. The second-order valence-electron chi connectivity index (χ2n) is 6.02. The molecule has 3 aromatic rings. The topological polar surface area (TPSA) is 79.4 Å². The Morgan fingerprint density at radius 3 is 2.54 bits per heavy atom. The molecule has 1 heterocycles. The number of nitrogens with one attached hydrogen (secondary N) is 1. The van der Waals surface area contributed by atoms with E-state index in [1.807, 2.05) is 6.07 Å². The Kier molecular flexibility index (Phi) is 5.70. The molecule has 0 atom stereocenters. The van der Waals surface area contributed by atoms with E-state index in [9.17, 15) is 17.6 Å². The van der Waals surface area contributed by atoms with Crippen LogP contribution in [0.5, 0.6) is 0 Å². The SMILES string of the molecule is CN(c1ccc(F)cc1)S(=O)(=O)c1cccc(C(=O)NCc2cccnc2)c1. The second kappa shape index (κ2) is 8.18. The van der Waals surface area contributed by atoms with Gasteiger partial charge in [0, 0.05) is 31.5 Å². The molecule has 0 aliphatic heterocycles. The van der Waals surface area contributed by atoms with Gasteiger partial charge in [0.2, 0.25) is 0 Å². The number of pyridine rings is 1. The van der Waals surface area contributed by atoms with Crippen LogP contribution in [0.2, 0.25) is 0 Å². The Morgan fingerprint density at radius 2 is 1.86 bits per heavy atom. The zero-order valence-corrected chi connectivity index (χ0v) is 15.9. The van der Waals surface area contributed by atoms with Crippen LogP contribution in [-0.2, 0) is 16.6 Å². The number of amides is 1. The van der Waals surface area contributed by atoms with Crippen LogP contribution in [0.1, 0.15) is 15.9 Å². The van der Waals surface area contributed by atoms with Gasteiger partial charge in [0.1, 0.15) is 5.82 Å². The number of benzene rings is 2. The average Bonchev–Trinajstić information content (AvgIpc) is 2.73. The molecular weight excluding hydrogens is 381 g/mol. The Hall–Kier alpha value is -3.26. The zero-order valence-electron chi connectivity index (χ0n) is 15.0. The fourth-order valence-corrected chi connectivity index (χ4v) is 3.77. The van der Waals surface area contributed by atoms with Crippen molar-refractivity contribution in [1.29, 1.82) is 0 Å². The molecule has 0 aliphatic rings. The molecule has 1 aromatic heterocycles. The van der Waals surface area contributed by atoms with Crippen LogP contribution < -0.4 is 9.62 Å². The van der Waals surface area contributed by atoms with Crippen LogP contribution in [-0.4, -0.2) is 26.4 Å². The van der Waals surface area contributed by atoms with Gasteiger partial charge >= 0.3 is 0 Å². The van der Waals surface area contributed by atoms with Gasteiger partial charge in [-0.3, -0.25) is 14.1 Å². The van der Waals surface area contributed by atoms with E-state index in [1.54, 1.807) is 18.5 Å². The Balaban J connectivity index is 1.79. The molecule has 144 valence electrons. The number of aromatic nitrogens is 1. The summed E-state index contributed by atoms with van der Waals surface area (Å²) in [4.78, 5) is 16.3. The number of rotatable bonds is 6. The van der Waals surface area contributed by atoms with Crippen LogP contribution in [0, 0.1) is 5.82 Å². The van der Waals surface area contributed by atoms with Gasteiger partial charge in [-0.1, -0.05) is 12.1 Å². The highest BCUT2D eigenvalue weighted by atomic mass is 32.2. The molecule has 3 rings (SSSR count).